The second-order valence-corrected chi connectivity index (χ2v) is 5.97. The lowest BCUT2D eigenvalue weighted by Crippen LogP contribution is -2.30. The van der Waals surface area contributed by atoms with E-state index in [0.717, 1.165) is 6.07 Å². The first-order valence-corrected chi connectivity index (χ1v) is 8.39. The Labute approximate surface area is 153 Å². The molecule has 2 rings (SSSR count). The number of anilines is 1. The van der Waals surface area contributed by atoms with Crippen LogP contribution in [0.5, 0.6) is 5.75 Å². The van der Waals surface area contributed by atoms with Crippen LogP contribution < -0.4 is 10.1 Å². The first kappa shape index (κ1) is 18.9. The summed E-state index contributed by atoms with van der Waals surface area (Å²) in [6.45, 7) is 3.87. The monoisotopic (exact) mass is 409 g/mol. The molecule has 0 saturated heterocycles. The highest BCUT2D eigenvalue weighted by atomic mass is 79.9. The number of hydrogen-bond acceptors (Lipinski definition) is 4. The summed E-state index contributed by atoms with van der Waals surface area (Å²) < 4.78 is 24.1. The van der Waals surface area contributed by atoms with E-state index < -0.39 is 23.8 Å². The molecule has 132 valence electrons. The average molecular weight is 410 g/mol. The van der Waals surface area contributed by atoms with Gasteiger partial charge in [-0.15, -0.1) is 0 Å². The van der Waals surface area contributed by atoms with E-state index in [2.05, 4.69) is 21.2 Å². The molecule has 1 amide bonds. The van der Waals surface area contributed by atoms with E-state index in [1.165, 1.54) is 19.1 Å². The highest BCUT2D eigenvalue weighted by Crippen LogP contribution is 2.20. The van der Waals surface area contributed by atoms with Crippen molar-refractivity contribution in [3.8, 4) is 5.75 Å². The van der Waals surface area contributed by atoms with Gasteiger partial charge in [0.25, 0.3) is 5.91 Å². The molecule has 0 fully saturated rings. The summed E-state index contributed by atoms with van der Waals surface area (Å²) in [4.78, 5) is 24.2. The molecule has 0 aliphatic rings. The number of carbonyl (C=O) groups is 2. The SMILES string of the molecule is CCOc1ccc(NC(=O)[C@H](C)OC(=O)c2cc(F)ccc2Br)cc1. The average Bonchev–Trinajstić information content (AvgIpc) is 2.58. The second-order valence-electron chi connectivity index (χ2n) is 5.12. The van der Waals surface area contributed by atoms with Gasteiger partial charge in [-0.25, -0.2) is 9.18 Å². The van der Waals surface area contributed by atoms with Crippen LogP contribution in [0.25, 0.3) is 0 Å². The van der Waals surface area contributed by atoms with Crippen LogP contribution in [0.4, 0.5) is 10.1 Å². The summed E-state index contributed by atoms with van der Waals surface area (Å²) in [6.07, 6.45) is -1.05. The quantitative estimate of drug-likeness (QED) is 0.727. The minimum atomic E-state index is -1.05. The van der Waals surface area contributed by atoms with Gasteiger partial charge in [0.15, 0.2) is 6.10 Å². The first-order valence-electron chi connectivity index (χ1n) is 7.60. The van der Waals surface area contributed by atoms with Gasteiger partial charge in [-0.05, 0) is 72.2 Å². The van der Waals surface area contributed by atoms with Crippen LogP contribution in [0.1, 0.15) is 24.2 Å². The third-order valence-corrected chi connectivity index (χ3v) is 3.93. The molecule has 7 heteroatoms. The Morgan fingerprint density at radius 2 is 1.88 bits per heavy atom. The summed E-state index contributed by atoms with van der Waals surface area (Å²) in [6, 6.07) is 10.5. The Balaban J connectivity index is 1.97. The van der Waals surface area contributed by atoms with Crippen molar-refractivity contribution in [1.29, 1.82) is 0 Å². The fourth-order valence-electron chi connectivity index (χ4n) is 1.98. The standard InChI is InChI=1S/C18H17BrFNO4/c1-3-24-14-7-5-13(6-8-14)21-17(22)11(2)25-18(23)15-10-12(20)4-9-16(15)19/h4-11H,3H2,1-2H3,(H,21,22)/t11-/m0/s1. The van der Waals surface area contributed by atoms with Crippen molar-refractivity contribution >= 4 is 33.5 Å². The molecule has 2 aromatic carbocycles. The van der Waals surface area contributed by atoms with Crippen LogP contribution in [0.15, 0.2) is 46.9 Å². The van der Waals surface area contributed by atoms with Crippen molar-refractivity contribution in [3.63, 3.8) is 0 Å². The Bertz CT molecular complexity index is 764. The molecular formula is C18H17BrFNO4. The zero-order valence-electron chi connectivity index (χ0n) is 13.7. The van der Waals surface area contributed by atoms with Gasteiger partial charge in [0.1, 0.15) is 11.6 Å². The minimum Gasteiger partial charge on any atom is -0.494 e. The smallest absolute Gasteiger partial charge is 0.340 e. The lowest BCUT2D eigenvalue weighted by molar-refractivity contribution is -0.123. The molecule has 0 aromatic heterocycles. The predicted octanol–water partition coefficient (Wildman–Crippen LogP) is 4.17. The highest BCUT2D eigenvalue weighted by Gasteiger charge is 2.21. The number of amides is 1. The number of esters is 1. The molecule has 2 aromatic rings. The maximum atomic E-state index is 13.3. The predicted molar refractivity (Wildman–Crippen MR) is 95.2 cm³/mol. The van der Waals surface area contributed by atoms with Gasteiger partial charge in [0.2, 0.25) is 0 Å². The molecule has 1 N–H and O–H groups in total. The fourth-order valence-corrected chi connectivity index (χ4v) is 2.39. The summed E-state index contributed by atoms with van der Waals surface area (Å²) in [5, 5.41) is 2.64. The molecule has 0 aliphatic carbocycles. The number of nitrogens with one attached hydrogen (secondary N) is 1. The summed E-state index contributed by atoms with van der Waals surface area (Å²) in [7, 11) is 0. The molecule has 0 bridgehead atoms. The van der Waals surface area contributed by atoms with E-state index in [9.17, 15) is 14.0 Å². The Morgan fingerprint density at radius 3 is 2.52 bits per heavy atom. The maximum Gasteiger partial charge on any atom is 0.340 e. The molecule has 0 aliphatic heterocycles. The Kier molecular flexibility index (Phi) is 6.52. The largest absolute Gasteiger partial charge is 0.494 e. The van der Waals surface area contributed by atoms with E-state index in [0.29, 0.717) is 22.5 Å². The van der Waals surface area contributed by atoms with E-state index in [-0.39, 0.29) is 5.56 Å². The van der Waals surface area contributed by atoms with E-state index in [4.69, 9.17) is 9.47 Å². The molecule has 0 saturated carbocycles. The van der Waals surface area contributed by atoms with Crippen molar-refractivity contribution in [2.75, 3.05) is 11.9 Å². The van der Waals surface area contributed by atoms with Gasteiger partial charge in [0.05, 0.1) is 12.2 Å². The summed E-state index contributed by atoms with van der Waals surface area (Å²) in [5.41, 5.74) is 0.559. The van der Waals surface area contributed by atoms with Crippen LogP contribution in [0, 0.1) is 5.82 Å². The molecule has 0 unspecified atom stereocenters. The van der Waals surface area contributed by atoms with Crippen molar-refractivity contribution in [2.45, 2.75) is 20.0 Å². The molecule has 0 spiro atoms. The van der Waals surface area contributed by atoms with Crippen LogP contribution in [0.2, 0.25) is 0 Å². The lowest BCUT2D eigenvalue weighted by atomic mass is 10.2. The Hall–Kier alpha value is -2.41. The lowest BCUT2D eigenvalue weighted by Gasteiger charge is -2.14. The third-order valence-electron chi connectivity index (χ3n) is 3.23. The van der Waals surface area contributed by atoms with Crippen molar-refractivity contribution in [2.24, 2.45) is 0 Å². The molecular weight excluding hydrogens is 393 g/mol. The van der Waals surface area contributed by atoms with Gasteiger partial charge in [-0.1, -0.05) is 0 Å². The molecule has 25 heavy (non-hydrogen) atoms. The number of rotatable bonds is 6. The van der Waals surface area contributed by atoms with Crippen molar-refractivity contribution in [3.05, 3.63) is 58.3 Å². The summed E-state index contributed by atoms with van der Waals surface area (Å²) in [5.74, 6) is -1.16. The van der Waals surface area contributed by atoms with Gasteiger partial charge < -0.3 is 14.8 Å². The summed E-state index contributed by atoms with van der Waals surface area (Å²) >= 11 is 3.15. The van der Waals surface area contributed by atoms with Crippen LogP contribution in [-0.4, -0.2) is 24.6 Å². The zero-order valence-corrected chi connectivity index (χ0v) is 15.3. The van der Waals surface area contributed by atoms with Crippen LogP contribution in [0.3, 0.4) is 0 Å². The number of ether oxygens (including phenoxy) is 2. The first-order chi connectivity index (χ1) is 11.9. The second kappa shape index (κ2) is 8.62. The maximum absolute atomic E-state index is 13.3. The highest BCUT2D eigenvalue weighted by molar-refractivity contribution is 9.10. The third kappa shape index (κ3) is 5.29. The van der Waals surface area contributed by atoms with Crippen LogP contribution >= 0.6 is 15.9 Å². The van der Waals surface area contributed by atoms with E-state index in [1.807, 2.05) is 6.92 Å². The van der Waals surface area contributed by atoms with E-state index in [1.54, 1.807) is 24.3 Å². The molecule has 1 atom stereocenters. The molecule has 5 nitrogen and oxygen atoms in total. The van der Waals surface area contributed by atoms with Gasteiger partial charge in [0, 0.05) is 10.2 Å². The van der Waals surface area contributed by atoms with Gasteiger partial charge >= 0.3 is 5.97 Å². The number of halogens is 2. The Morgan fingerprint density at radius 1 is 1.20 bits per heavy atom. The van der Waals surface area contributed by atoms with Gasteiger partial charge in [-0.2, -0.15) is 0 Å². The van der Waals surface area contributed by atoms with Crippen LogP contribution in [-0.2, 0) is 9.53 Å². The van der Waals surface area contributed by atoms with Gasteiger partial charge in [-0.3, -0.25) is 4.79 Å². The van der Waals surface area contributed by atoms with Crippen molar-refractivity contribution in [1.82, 2.24) is 0 Å². The number of carbonyl (C=O) groups excluding carboxylic acids is 2. The normalized spacial score (nSPS) is 11.5. The minimum absolute atomic E-state index is 0.0146. The molecule has 0 radical (unpaired) electrons. The number of benzene rings is 2. The zero-order chi connectivity index (χ0) is 18.4. The fraction of sp³-hybridized carbons (Fsp3) is 0.222. The van der Waals surface area contributed by atoms with Crippen molar-refractivity contribution < 1.29 is 23.5 Å². The molecule has 0 heterocycles. The van der Waals surface area contributed by atoms with E-state index >= 15 is 0 Å². The topological polar surface area (TPSA) is 64.6 Å². The number of hydrogen-bond donors (Lipinski definition) is 1.